The lowest BCUT2D eigenvalue weighted by atomic mass is 10.1. The average Bonchev–Trinajstić information content (AvgIpc) is 2.82. The van der Waals surface area contributed by atoms with E-state index in [-0.39, 0.29) is 12.1 Å². The number of rotatable bonds is 3. The van der Waals surface area contributed by atoms with Crippen LogP contribution >= 0.6 is 0 Å². The summed E-state index contributed by atoms with van der Waals surface area (Å²) in [6, 6.07) is 3.47. The molecule has 0 radical (unpaired) electrons. The molecule has 0 bridgehead atoms. The van der Waals surface area contributed by atoms with E-state index < -0.39 is 11.9 Å². The van der Waals surface area contributed by atoms with E-state index in [0.717, 1.165) is 22.4 Å². The number of nitrogens with one attached hydrogen (secondary N) is 2. The van der Waals surface area contributed by atoms with Gasteiger partial charge in [-0.25, -0.2) is 4.79 Å². The van der Waals surface area contributed by atoms with Crippen LogP contribution in [0.15, 0.2) is 24.3 Å². The molecule has 0 saturated heterocycles. The molecule has 0 spiro atoms. The number of amides is 2. The first-order chi connectivity index (χ1) is 9.86. The molecule has 0 aromatic heterocycles. The predicted octanol–water partition coefficient (Wildman–Crippen LogP) is 2.76. The number of hydrogen-bond donors (Lipinski definition) is 3. The van der Waals surface area contributed by atoms with Gasteiger partial charge in [-0.15, -0.1) is 0 Å². The highest BCUT2D eigenvalue weighted by atomic mass is 16.4. The maximum Gasteiger partial charge on any atom is 0.319 e. The van der Waals surface area contributed by atoms with Gasteiger partial charge >= 0.3 is 12.0 Å². The number of carboxylic acids is 1. The number of carbonyl (C=O) groups excluding carboxylic acids is 1. The molecule has 0 saturated carbocycles. The lowest BCUT2D eigenvalue weighted by Gasteiger charge is -2.16. The van der Waals surface area contributed by atoms with Crippen LogP contribution in [-0.4, -0.2) is 23.1 Å². The van der Waals surface area contributed by atoms with Gasteiger partial charge in [-0.05, 0) is 38.3 Å². The summed E-state index contributed by atoms with van der Waals surface area (Å²) in [6.07, 6.45) is 3.75. The largest absolute Gasteiger partial charge is 0.481 e. The van der Waals surface area contributed by atoms with Crippen LogP contribution in [0.4, 0.5) is 10.5 Å². The molecule has 0 aliphatic heterocycles. The van der Waals surface area contributed by atoms with Crippen LogP contribution < -0.4 is 10.6 Å². The summed E-state index contributed by atoms with van der Waals surface area (Å²) in [5, 5.41) is 14.5. The van der Waals surface area contributed by atoms with Crippen molar-refractivity contribution in [2.24, 2.45) is 5.92 Å². The van der Waals surface area contributed by atoms with E-state index in [9.17, 15) is 9.59 Å². The van der Waals surface area contributed by atoms with E-state index in [4.69, 9.17) is 5.11 Å². The molecule has 1 aromatic rings. The second-order valence-corrected chi connectivity index (χ2v) is 5.54. The highest BCUT2D eigenvalue weighted by Crippen LogP contribution is 2.22. The Balaban J connectivity index is 1.98. The molecule has 1 aliphatic carbocycles. The predicted molar refractivity (Wildman–Crippen MR) is 81.5 cm³/mol. The standard InChI is InChI=1S/C16H20N2O3/c1-9-6-10(2)14(11(3)7-9)18-16(21)17-13-5-4-12(8-13)15(19)20/h4-7,12-13H,8H2,1-3H3,(H,19,20)(H2,17,18,21). The number of benzene rings is 1. The van der Waals surface area contributed by atoms with Crippen molar-refractivity contribution < 1.29 is 14.7 Å². The Morgan fingerprint density at radius 1 is 1.14 bits per heavy atom. The number of carboxylic acid groups (broad SMARTS) is 1. The highest BCUT2D eigenvalue weighted by molar-refractivity contribution is 5.91. The molecule has 1 aliphatic rings. The van der Waals surface area contributed by atoms with Crippen molar-refractivity contribution >= 4 is 17.7 Å². The first-order valence-electron chi connectivity index (χ1n) is 6.93. The van der Waals surface area contributed by atoms with Gasteiger partial charge in [0, 0.05) is 5.69 Å². The minimum atomic E-state index is -0.860. The summed E-state index contributed by atoms with van der Waals surface area (Å²) in [5.74, 6) is -1.38. The van der Waals surface area contributed by atoms with Crippen LogP contribution in [0, 0.1) is 26.7 Å². The molecule has 1 aromatic carbocycles. The first kappa shape index (κ1) is 15.1. The van der Waals surface area contributed by atoms with Gasteiger partial charge < -0.3 is 15.7 Å². The third kappa shape index (κ3) is 3.62. The van der Waals surface area contributed by atoms with Gasteiger partial charge in [-0.2, -0.15) is 0 Å². The van der Waals surface area contributed by atoms with Gasteiger partial charge in [0.15, 0.2) is 0 Å². The van der Waals surface area contributed by atoms with E-state index >= 15 is 0 Å². The smallest absolute Gasteiger partial charge is 0.319 e. The normalized spacial score (nSPS) is 20.3. The van der Waals surface area contributed by atoms with Crippen LogP contribution in [0.2, 0.25) is 0 Å². The lowest BCUT2D eigenvalue weighted by Crippen LogP contribution is -2.37. The Hall–Kier alpha value is -2.30. The van der Waals surface area contributed by atoms with Crippen molar-refractivity contribution in [2.75, 3.05) is 5.32 Å². The number of carbonyl (C=O) groups is 2. The zero-order valence-corrected chi connectivity index (χ0v) is 12.4. The fourth-order valence-corrected chi connectivity index (χ4v) is 2.68. The molecule has 112 valence electrons. The Labute approximate surface area is 124 Å². The second-order valence-electron chi connectivity index (χ2n) is 5.54. The first-order valence-corrected chi connectivity index (χ1v) is 6.93. The van der Waals surface area contributed by atoms with E-state index in [1.807, 2.05) is 32.9 Å². The van der Waals surface area contributed by atoms with E-state index in [0.29, 0.717) is 6.42 Å². The van der Waals surface area contributed by atoms with E-state index in [2.05, 4.69) is 10.6 Å². The Morgan fingerprint density at radius 3 is 2.29 bits per heavy atom. The monoisotopic (exact) mass is 288 g/mol. The quantitative estimate of drug-likeness (QED) is 0.748. The number of aryl methyl sites for hydroxylation is 3. The average molecular weight is 288 g/mol. The Bertz CT molecular complexity index is 585. The topological polar surface area (TPSA) is 78.4 Å². The van der Waals surface area contributed by atoms with Crippen LogP contribution in [-0.2, 0) is 4.79 Å². The van der Waals surface area contributed by atoms with Crippen LogP contribution in [0.1, 0.15) is 23.1 Å². The summed E-state index contributed by atoms with van der Waals surface area (Å²) in [4.78, 5) is 22.9. The molecule has 5 heteroatoms. The zero-order chi connectivity index (χ0) is 15.6. The Kier molecular flexibility index (Phi) is 4.31. The Morgan fingerprint density at radius 2 is 1.76 bits per heavy atom. The molecule has 2 rings (SSSR count). The summed E-state index contributed by atoms with van der Waals surface area (Å²) < 4.78 is 0. The number of urea groups is 1. The van der Waals surface area contributed by atoms with Crippen LogP contribution in [0.25, 0.3) is 0 Å². The molecule has 0 fully saturated rings. The second kappa shape index (κ2) is 5.99. The van der Waals surface area contributed by atoms with Crippen molar-refractivity contribution in [3.8, 4) is 0 Å². The van der Waals surface area contributed by atoms with Crippen molar-refractivity contribution in [2.45, 2.75) is 33.2 Å². The molecule has 0 heterocycles. The summed E-state index contributed by atoms with van der Waals surface area (Å²) in [7, 11) is 0. The zero-order valence-electron chi connectivity index (χ0n) is 12.4. The SMILES string of the molecule is Cc1cc(C)c(NC(=O)NC2C=CC(C(=O)O)C2)c(C)c1. The maximum absolute atomic E-state index is 12.0. The van der Waals surface area contributed by atoms with Crippen LogP contribution in [0.5, 0.6) is 0 Å². The van der Waals surface area contributed by atoms with Crippen molar-refractivity contribution in [3.05, 3.63) is 41.0 Å². The summed E-state index contributed by atoms with van der Waals surface area (Å²) in [6.45, 7) is 5.91. The van der Waals surface area contributed by atoms with Crippen molar-refractivity contribution in [1.82, 2.24) is 5.32 Å². The highest BCUT2D eigenvalue weighted by Gasteiger charge is 2.25. The van der Waals surface area contributed by atoms with Gasteiger partial charge in [0.05, 0.1) is 12.0 Å². The molecule has 5 nitrogen and oxygen atoms in total. The maximum atomic E-state index is 12.0. The minimum absolute atomic E-state index is 0.239. The van der Waals surface area contributed by atoms with E-state index in [1.54, 1.807) is 12.2 Å². The van der Waals surface area contributed by atoms with Gasteiger partial charge in [0.2, 0.25) is 0 Å². The fourth-order valence-electron chi connectivity index (χ4n) is 2.68. The molecule has 21 heavy (non-hydrogen) atoms. The minimum Gasteiger partial charge on any atom is -0.481 e. The van der Waals surface area contributed by atoms with Gasteiger partial charge in [-0.3, -0.25) is 4.79 Å². The molecule has 2 unspecified atom stereocenters. The van der Waals surface area contributed by atoms with Crippen molar-refractivity contribution in [1.29, 1.82) is 0 Å². The van der Waals surface area contributed by atoms with Gasteiger partial charge in [-0.1, -0.05) is 29.8 Å². The number of hydrogen-bond acceptors (Lipinski definition) is 2. The number of anilines is 1. The fraction of sp³-hybridized carbons (Fsp3) is 0.375. The van der Waals surface area contributed by atoms with Gasteiger partial charge in [0.25, 0.3) is 0 Å². The number of aliphatic carboxylic acids is 1. The molecular formula is C16H20N2O3. The molecular weight excluding hydrogens is 268 g/mol. The molecule has 2 amide bonds. The third-order valence-electron chi connectivity index (χ3n) is 3.63. The summed E-state index contributed by atoms with van der Waals surface area (Å²) in [5.41, 5.74) is 3.97. The van der Waals surface area contributed by atoms with Gasteiger partial charge in [0.1, 0.15) is 0 Å². The summed E-state index contributed by atoms with van der Waals surface area (Å²) >= 11 is 0. The molecule has 3 N–H and O–H groups in total. The van der Waals surface area contributed by atoms with Crippen molar-refractivity contribution in [3.63, 3.8) is 0 Å². The van der Waals surface area contributed by atoms with E-state index in [1.165, 1.54) is 0 Å². The third-order valence-corrected chi connectivity index (χ3v) is 3.63. The van der Waals surface area contributed by atoms with Crippen LogP contribution in [0.3, 0.4) is 0 Å². The lowest BCUT2D eigenvalue weighted by molar-refractivity contribution is -0.140. The molecule has 2 atom stereocenters.